The Balaban J connectivity index is 1.78. The number of rotatable bonds is 3. The lowest BCUT2D eigenvalue weighted by atomic mass is 9.82. The minimum atomic E-state index is -0.826. The van der Waals surface area contributed by atoms with Gasteiger partial charge in [0.05, 0.1) is 11.8 Å². The molecule has 2 bridgehead atoms. The topological polar surface area (TPSA) is 66.4 Å². The first-order valence-electron chi connectivity index (χ1n) is 5.88. The first-order chi connectivity index (χ1) is 7.66. The van der Waals surface area contributed by atoms with E-state index in [0.717, 1.165) is 19.3 Å². The minimum Gasteiger partial charge on any atom is -0.481 e. The maximum absolute atomic E-state index is 12.0. The molecule has 2 saturated carbocycles. The van der Waals surface area contributed by atoms with Gasteiger partial charge < -0.3 is 10.4 Å². The van der Waals surface area contributed by atoms with E-state index in [9.17, 15) is 14.7 Å². The molecule has 0 radical (unpaired) electrons. The third-order valence-corrected chi connectivity index (χ3v) is 3.97. The number of carboxylic acid groups (broad SMARTS) is 1. The highest BCUT2D eigenvalue weighted by Crippen LogP contribution is 2.48. The molecule has 4 atom stereocenters. The average Bonchev–Trinajstić information content (AvgIpc) is 2.81. The van der Waals surface area contributed by atoms with Crippen molar-refractivity contribution in [3.05, 3.63) is 12.2 Å². The number of amides is 1. The summed E-state index contributed by atoms with van der Waals surface area (Å²) in [6.07, 6.45) is 6.89. The Morgan fingerprint density at radius 2 is 1.75 bits per heavy atom. The zero-order valence-electron chi connectivity index (χ0n) is 8.93. The molecule has 3 aliphatic carbocycles. The van der Waals surface area contributed by atoms with Crippen molar-refractivity contribution in [3.63, 3.8) is 0 Å². The lowest BCUT2D eigenvalue weighted by molar-refractivity contribution is -0.147. The predicted molar refractivity (Wildman–Crippen MR) is 56.5 cm³/mol. The number of fused-ring (bicyclic) bond motifs is 2. The van der Waals surface area contributed by atoms with Gasteiger partial charge in [-0.15, -0.1) is 0 Å². The fourth-order valence-electron chi connectivity index (χ4n) is 3.04. The molecule has 0 saturated heterocycles. The fraction of sp³-hybridized carbons (Fsp3) is 0.667. The zero-order valence-corrected chi connectivity index (χ0v) is 8.93. The highest BCUT2D eigenvalue weighted by atomic mass is 16.4. The maximum Gasteiger partial charge on any atom is 0.307 e. The molecule has 4 nitrogen and oxygen atoms in total. The Kier molecular flexibility index (Phi) is 2.06. The van der Waals surface area contributed by atoms with Crippen LogP contribution in [0, 0.1) is 23.7 Å². The molecule has 2 fully saturated rings. The highest BCUT2D eigenvalue weighted by Gasteiger charge is 2.52. The van der Waals surface area contributed by atoms with Gasteiger partial charge >= 0.3 is 5.97 Å². The van der Waals surface area contributed by atoms with Crippen molar-refractivity contribution in [1.29, 1.82) is 0 Å². The van der Waals surface area contributed by atoms with E-state index >= 15 is 0 Å². The number of allylic oxidation sites excluding steroid dienone is 2. The number of hydrogen-bond donors (Lipinski definition) is 2. The Hall–Kier alpha value is -1.32. The summed E-state index contributed by atoms with van der Waals surface area (Å²) in [7, 11) is 0. The van der Waals surface area contributed by atoms with Gasteiger partial charge in [-0.1, -0.05) is 12.2 Å². The standard InChI is InChI=1S/C12H15NO3/c14-11(13-8-3-4-8)9-6-1-2-7(5-6)10(9)12(15)16/h1-2,6-10H,3-5H2,(H,13,14)(H,15,16)/t6-,7+,9-,10-/m1/s1. The summed E-state index contributed by atoms with van der Waals surface area (Å²) < 4.78 is 0. The van der Waals surface area contributed by atoms with Crippen LogP contribution in [0.25, 0.3) is 0 Å². The fourth-order valence-corrected chi connectivity index (χ4v) is 3.04. The van der Waals surface area contributed by atoms with Crippen molar-refractivity contribution in [3.8, 4) is 0 Å². The maximum atomic E-state index is 12.0. The van der Waals surface area contributed by atoms with Gasteiger partial charge in [-0.2, -0.15) is 0 Å². The smallest absolute Gasteiger partial charge is 0.307 e. The van der Waals surface area contributed by atoms with Crippen LogP contribution in [0.1, 0.15) is 19.3 Å². The molecule has 3 aliphatic rings. The molecule has 4 heteroatoms. The van der Waals surface area contributed by atoms with Crippen LogP contribution >= 0.6 is 0 Å². The molecule has 16 heavy (non-hydrogen) atoms. The van der Waals surface area contributed by atoms with Gasteiger partial charge in [0, 0.05) is 6.04 Å². The van der Waals surface area contributed by atoms with Gasteiger partial charge in [0.2, 0.25) is 5.91 Å². The van der Waals surface area contributed by atoms with Gasteiger partial charge in [0.1, 0.15) is 0 Å². The highest BCUT2D eigenvalue weighted by molar-refractivity contribution is 5.87. The minimum absolute atomic E-state index is 0.0493. The van der Waals surface area contributed by atoms with Crippen molar-refractivity contribution in [2.24, 2.45) is 23.7 Å². The molecule has 0 unspecified atom stereocenters. The molecular formula is C12H15NO3. The summed E-state index contributed by atoms with van der Waals surface area (Å²) in [5.74, 6) is -1.51. The Labute approximate surface area is 93.7 Å². The van der Waals surface area contributed by atoms with Crippen LogP contribution in [-0.4, -0.2) is 23.0 Å². The van der Waals surface area contributed by atoms with Crippen molar-refractivity contribution in [1.82, 2.24) is 5.32 Å². The normalized spacial score (nSPS) is 40.0. The monoisotopic (exact) mass is 221 g/mol. The summed E-state index contributed by atoms with van der Waals surface area (Å²) in [6, 6.07) is 0.310. The summed E-state index contributed by atoms with van der Waals surface area (Å²) in [5, 5.41) is 12.1. The number of hydrogen-bond acceptors (Lipinski definition) is 2. The van der Waals surface area contributed by atoms with E-state index < -0.39 is 11.9 Å². The molecule has 0 aromatic rings. The molecule has 0 aliphatic heterocycles. The van der Waals surface area contributed by atoms with E-state index in [1.54, 1.807) is 0 Å². The summed E-state index contributed by atoms with van der Waals surface area (Å²) >= 11 is 0. The number of carbonyl (C=O) groups is 2. The average molecular weight is 221 g/mol. The summed E-state index contributed by atoms with van der Waals surface area (Å²) in [5.41, 5.74) is 0. The lowest BCUT2D eigenvalue weighted by Gasteiger charge is -2.23. The number of aliphatic carboxylic acids is 1. The lowest BCUT2D eigenvalue weighted by Crippen LogP contribution is -2.40. The second kappa shape index (κ2) is 3.34. The SMILES string of the molecule is O=C(NC1CC1)[C@H]1[C@H](C(=O)O)[C@H]2C=C[C@@H]1C2. The van der Waals surface area contributed by atoms with Gasteiger partial charge in [-0.05, 0) is 31.1 Å². The van der Waals surface area contributed by atoms with E-state index in [0.29, 0.717) is 6.04 Å². The van der Waals surface area contributed by atoms with E-state index in [1.807, 2.05) is 12.2 Å². The second-order valence-electron chi connectivity index (χ2n) is 5.12. The molecule has 0 heterocycles. The molecule has 0 aromatic carbocycles. The summed E-state index contributed by atoms with van der Waals surface area (Å²) in [4.78, 5) is 23.2. The van der Waals surface area contributed by atoms with Gasteiger partial charge in [-0.3, -0.25) is 9.59 Å². The number of carboxylic acids is 1. The molecule has 1 amide bonds. The van der Waals surface area contributed by atoms with Crippen molar-refractivity contribution in [2.45, 2.75) is 25.3 Å². The Morgan fingerprint density at radius 1 is 1.12 bits per heavy atom. The van der Waals surface area contributed by atoms with Crippen molar-refractivity contribution < 1.29 is 14.7 Å². The van der Waals surface area contributed by atoms with Crippen LogP contribution in [0.3, 0.4) is 0 Å². The van der Waals surface area contributed by atoms with Crippen LogP contribution in [0.5, 0.6) is 0 Å². The largest absolute Gasteiger partial charge is 0.481 e. The predicted octanol–water partition coefficient (Wildman–Crippen LogP) is 0.788. The van der Waals surface area contributed by atoms with Crippen molar-refractivity contribution >= 4 is 11.9 Å². The van der Waals surface area contributed by atoms with E-state index in [1.165, 1.54) is 0 Å². The first-order valence-corrected chi connectivity index (χ1v) is 5.88. The number of nitrogens with one attached hydrogen (secondary N) is 1. The van der Waals surface area contributed by atoms with E-state index in [2.05, 4.69) is 5.32 Å². The third-order valence-electron chi connectivity index (χ3n) is 3.97. The Morgan fingerprint density at radius 3 is 2.31 bits per heavy atom. The van der Waals surface area contributed by atoms with Crippen LogP contribution in [-0.2, 0) is 9.59 Å². The quantitative estimate of drug-likeness (QED) is 0.692. The zero-order chi connectivity index (χ0) is 11.3. The molecule has 3 rings (SSSR count). The van der Waals surface area contributed by atoms with Crippen molar-refractivity contribution in [2.75, 3.05) is 0 Å². The second-order valence-corrected chi connectivity index (χ2v) is 5.12. The molecule has 86 valence electrons. The van der Waals surface area contributed by atoms with E-state index in [-0.39, 0.29) is 23.7 Å². The number of carbonyl (C=O) groups excluding carboxylic acids is 1. The van der Waals surface area contributed by atoms with Crippen LogP contribution in [0.4, 0.5) is 0 Å². The third kappa shape index (κ3) is 1.44. The van der Waals surface area contributed by atoms with Crippen LogP contribution in [0.2, 0.25) is 0 Å². The molecule has 0 aromatic heterocycles. The van der Waals surface area contributed by atoms with Gasteiger partial charge in [0.15, 0.2) is 0 Å². The van der Waals surface area contributed by atoms with Gasteiger partial charge in [0.25, 0.3) is 0 Å². The summed E-state index contributed by atoms with van der Waals surface area (Å²) in [6.45, 7) is 0. The van der Waals surface area contributed by atoms with Crippen LogP contribution in [0.15, 0.2) is 12.2 Å². The van der Waals surface area contributed by atoms with Crippen LogP contribution < -0.4 is 5.32 Å². The van der Waals surface area contributed by atoms with E-state index in [4.69, 9.17) is 0 Å². The molecular weight excluding hydrogens is 206 g/mol. The first kappa shape index (κ1) is 9.87. The Bertz CT molecular complexity index is 372. The molecule has 2 N–H and O–H groups in total. The van der Waals surface area contributed by atoms with Gasteiger partial charge in [-0.25, -0.2) is 0 Å². The molecule has 0 spiro atoms.